The lowest BCUT2D eigenvalue weighted by atomic mass is 10.2. The zero-order chi connectivity index (χ0) is 17.0. The highest BCUT2D eigenvalue weighted by Crippen LogP contribution is 2.22. The summed E-state index contributed by atoms with van der Waals surface area (Å²) in [5.41, 5.74) is 1.31. The van der Waals surface area contributed by atoms with Gasteiger partial charge in [-0.05, 0) is 49.2 Å². The molecule has 6 heteroatoms. The van der Waals surface area contributed by atoms with Crippen molar-refractivity contribution in [3.63, 3.8) is 0 Å². The van der Waals surface area contributed by atoms with Gasteiger partial charge in [0.25, 0.3) is 0 Å². The van der Waals surface area contributed by atoms with Crippen LogP contribution >= 0.6 is 15.9 Å². The summed E-state index contributed by atoms with van der Waals surface area (Å²) in [4.78, 5) is 20.9. The Labute approximate surface area is 144 Å². The summed E-state index contributed by atoms with van der Waals surface area (Å²) in [5, 5.41) is 3.21. The van der Waals surface area contributed by atoms with Gasteiger partial charge in [0.15, 0.2) is 11.5 Å². The molecule has 0 unspecified atom stereocenters. The predicted octanol–water partition coefficient (Wildman–Crippen LogP) is 4.11. The van der Waals surface area contributed by atoms with Crippen LogP contribution in [0.5, 0.6) is 0 Å². The zero-order valence-electron chi connectivity index (χ0n) is 13.7. The summed E-state index contributed by atoms with van der Waals surface area (Å²) >= 11 is 3.36. The van der Waals surface area contributed by atoms with E-state index in [9.17, 15) is 4.79 Å². The second-order valence-electron chi connectivity index (χ2n) is 6.14. The van der Waals surface area contributed by atoms with Crippen molar-refractivity contribution in [3.05, 3.63) is 51.9 Å². The van der Waals surface area contributed by atoms with Crippen molar-refractivity contribution < 1.29 is 9.53 Å². The maximum atomic E-state index is 12.2. The second-order valence-corrected chi connectivity index (χ2v) is 6.89. The molecule has 2 aromatic rings. The third-order valence-electron chi connectivity index (χ3n) is 2.92. The summed E-state index contributed by atoms with van der Waals surface area (Å²) in [6.45, 7) is 7.82. The molecule has 0 aliphatic carbocycles. The fourth-order valence-corrected chi connectivity index (χ4v) is 2.32. The molecule has 122 valence electrons. The number of nitrogens with one attached hydrogen (secondary N) is 1. The monoisotopic (exact) mass is 377 g/mol. The van der Waals surface area contributed by atoms with E-state index >= 15 is 0 Å². The highest BCUT2D eigenvalue weighted by molar-refractivity contribution is 9.10. The van der Waals surface area contributed by atoms with E-state index < -0.39 is 11.6 Å². The third kappa shape index (κ3) is 5.03. The van der Waals surface area contributed by atoms with Crippen LogP contribution in [0, 0.1) is 6.92 Å². The van der Waals surface area contributed by atoms with Gasteiger partial charge in [0.2, 0.25) is 0 Å². The number of carbonyl (C=O) groups excluding carboxylic acids is 1. The molecule has 0 radical (unpaired) electrons. The minimum absolute atomic E-state index is 0.220. The Bertz CT molecular complexity index is 697. The fraction of sp³-hybridized carbons (Fsp3) is 0.353. The highest BCUT2D eigenvalue weighted by atomic mass is 79.9. The molecule has 1 aromatic carbocycles. The molecule has 1 heterocycles. The Morgan fingerprint density at radius 3 is 2.48 bits per heavy atom. The first-order valence-corrected chi connectivity index (χ1v) is 8.11. The van der Waals surface area contributed by atoms with Crippen molar-refractivity contribution in [2.75, 3.05) is 5.32 Å². The molecular weight excluding hydrogens is 358 g/mol. The van der Waals surface area contributed by atoms with Gasteiger partial charge in [-0.3, -0.25) is 0 Å². The van der Waals surface area contributed by atoms with E-state index in [1.165, 1.54) is 0 Å². The van der Waals surface area contributed by atoms with Crippen molar-refractivity contribution in [1.29, 1.82) is 0 Å². The van der Waals surface area contributed by atoms with Gasteiger partial charge in [-0.2, -0.15) is 0 Å². The van der Waals surface area contributed by atoms with Crippen LogP contribution in [0.1, 0.15) is 42.5 Å². The van der Waals surface area contributed by atoms with E-state index in [0.29, 0.717) is 22.7 Å². The number of carbonyl (C=O) groups is 1. The smallest absolute Gasteiger partial charge is 0.359 e. The Hall–Kier alpha value is -1.95. The summed E-state index contributed by atoms with van der Waals surface area (Å²) in [5.74, 6) is 0.122. The van der Waals surface area contributed by atoms with Crippen molar-refractivity contribution in [3.8, 4) is 0 Å². The molecule has 23 heavy (non-hydrogen) atoms. The number of anilines is 1. The summed E-state index contributed by atoms with van der Waals surface area (Å²) in [6, 6.07) is 9.98. The summed E-state index contributed by atoms with van der Waals surface area (Å²) < 4.78 is 5.83. The number of ether oxygens (including phenoxy) is 1. The number of benzene rings is 1. The maximum absolute atomic E-state index is 12.2. The first kappa shape index (κ1) is 17.4. The van der Waals surface area contributed by atoms with Crippen LogP contribution in [-0.4, -0.2) is 21.5 Å². The number of esters is 1. The van der Waals surface area contributed by atoms with Crippen molar-refractivity contribution in [1.82, 2.24) is 9.97 Å². The lowest BCUT2D eigenvalue weighted by Crippen LogP contribution is -2.25. The Morgan fingerprint density at radius 1 is 1.22 bits per heavy atom. The van der Waals surface area contributed by atoms with E-state index in [-0.39, 0.29) is 5.69 Å². The zero-order valence-corrected chi connectivity index (χ0v) is 15.3. The van der Waals surface area contributed by atoms with Gasteiger partial charge in [0, 0.05) is 6.54 Å². The second kappa shape index (κ2) is 7.08. The number of hydrogen-bond acceptors (Lipinski definition) is 5. The van der Waals surface area contributed by atoms with Crippen LogP contribution in [0.3, 0.4) is 0 Å². The average molecular weight is 378 g/mol. The van der Waals surface area contributed by atoms with Crippen LogP contribution in [0.15, 0.2) is 34.9 Å². The SMILES string of the molecule is Cc1nc(NCc2ccccc2)c(Br)nc1C(=O)OC(C)(C)C. The van der Waals surface area contributed by atoms with Gasteiger partial charge in [-0.25, -0.2) is 14.8 Å². The number of hydrogen-bond donors (Lipinski definition) is 1. The predicted molar refractivity (Wildman–Crippen MR) is 93.4 cm³/mol. The Balaban J connectivity index is 2.15. The summed E-state index contributed by atoms with van der Waals surface area (Å²) in [6.07, 6.45) is 0. The fourth-order valence-electron chi connectivity index (χ4n) is 1.91. The molecule has 0 saturated carbocycles. The maximum Gasteiger partial charge on any atom is 0.359 e. The molecular formula is C17H20BrN3O2. The molecule has 0 aliphatic heterocycles. The van der Waals surface area contributed by atoms with E-state index in [4.69, 9.17) is 4.74 Å². The number of nitrogens with zero attached hydrogens (tertiary/aromatic N) is 2. The number of halogens is 1. The van der Waals surface area contributed by atoms with Crippen LogP contribution in [0.4, 0.5) is 5.82 Å². The van der Waals surface area contributed by atoms with Crippen LogP contribution in [0.25, 0.3) is 0 Å². The highest BCUT2D eigenvalue weighted by Gasteiger charge is 2.22. The minimum atomic E-state index is -0.568. The molecule has 0 aliphatic rings. The standard InChI is InChI=1S/C17H20BrN3O2/c1-11-13(16(22)23-17(2,3)4)21-14(18)15(20-11)19-10-12-8-6-5-7-9-12/h5-9H,10H2,1-4H3,(H,19,20). The van der Waals surface area contributed by atoms with Gasteiger partial charge < -0.3 is 10.1 Å². The molecule has 1 aromatic heterocycles. The number of aryl methyl sites for hydroxylation is 1. The molecule has 0 bridgehead atoms. The minimum Gasteiger partial charge on any atom is -0.455 e. The summed E-state index contributed by atoms with van der Waals surface area (Å²) in [7, 11) is 0. The first-order valence-electron chi connectivity index (χ1n) is 7.31. The van der Waals surface area contributed by atoms with Crippen LogP contribution in [-0.2, 0) is 11.3 Å². The topological polar surface area (TPSA) is 64.1 Å². The van der Waals surface area contributed by atoms with Gasteiger partial charge >= 0.3 is 5.97 Å². The van der Waals surface area contributed by atoms with E-state index in [1.54, 1.807) is 6.92 Å². The molecule has 2 rings (SSSR count). The van der Waals surface area contributed by atoms with Gasteiger partial charge in [0.1, 0.15) is 10.2 Å². The normalized spacial score (nSPS) is 11.2. The van der Waals surface area contributed by atoms with E-state index in [2.05, 4.69) is 31.2 Å². The Morgan fingerprint density at radius 2 is 1.87 bits per heavy atom. The van der Waals surface area contributed by atoms with Gasteiger partial charge in [-0.1, -0.05) is 30.3 Å². The molecule has 0 spiro atoms. The van der Waals surface area contributed by atoms with E-state index in [1.807, 2.05) is 51.1 Å². The lowest BCUT2D eigenvalue weighted by molar-refractivity contribution is 0.00612. The van der Waals surface area contributed by atoms with Gasteiger partial charge in [0.05, 0.1) is 5.69 Å². The quantitative estimate of drug-likeness (QED) is 0.811. The number of rotatable bonds is 4. The first-order chi connectivity index (χ1) is 10.8. The molecule has 0 atom stereocenters. The Kier molecular flexibility index (Phi) is 5.36. The largest absolute Gasteiger partial charge is 0.455 e. The lowest BCUT2D eigenvalue weighted by Gasteiger charge is -2.20. The molecule has 5 nitrogen and oxygen atoms in total. The van der Waals surface area contributed by atoms with Crippen molar-refractivity contribution in [2.24, 2.45) is 0 Å². The van der Waals surface area contributed by atoms with Gasteiger partial charge in [-0.15, -0.1) is 0 Å². The van der Waals surface area contributed by atoms with E-state index in [0.717, 1.165) is 5.56 Å². The molecule has 1 N–H and O–H groups in total. The third-order valence-corrected chi connectivity index (χ3v) is 3.48. The number of aromatic nitrogens is 2. The van der Waals surface area contributed by atoms with Crippen LogP contribution in [0.2, 0.25) is 0 Å². The van der Waals surface area contributed by atoms with Crippen molar-refractivity contribution in [2.45, 2.75) is 39.8 Å². The van der Waals surface area contributed by atoms with Crippen LogP contribution < -0.4 is 5.32 Å². The van der Waals surface area contributed by atoms with Crippen molar-refractivity contribution >= 4 is 27.7 Å². The average Bonchev–Trinajstić information content (AvgIpc) is 2.47. The molecule has 0 saturated heterocycles. The molecule has 0 fully saturated rings. The molecule has 0 amide bonds.